The standard InChI is InChI=1S/C17H24BrNO3/c1-17(2,3)22-16(20)19(12-15-5-4-10-21-15)11-13-6-8-14(18)9-7-13/h6-9,15H,4-5,10-12H2,1-3H3. The van der Waals surface area contributed by atoms with E-state index in [-0.39, 0.29) is 12.2 Å². The average Bonchev–Trinajstić information content (AvgIpc) is 2.91. The van der Waals surface area contributed by atoms with E-state index < -0.39 is 5.60 Å². The molecular formula is C17H24BrNO3. The highest BCUT2D eigenvalue weighted by atomic mass is 79.9. The van der Waals surface area contributed by atoms with E-state index in [0.29, 0.717) is 13.1 Å². The molecule has 22 heavy (non-hydrogen) atoms. The van der Waals surface area contributed by atoms with Gasteiger partial charge >= 0.3 is 6.09 Å². The first kappa shape index (κ1) is 17.3. The van der Waals surface area contributed by atoms with Gasteiger partial charge in [0.2, 0.25) is 0 Å². The molecule has 0 saturated carbocycles. The molecule has 0 aliphatic carbocycles. The van der Waals surface area contributed by atoms with Crippen LogP contribution in [0, 0.1) is 0 Å². The zero-order chi connectivity index (χ0) is 16.2. The van der Waals surface area contributed by atoms with Crippen LogP contribution in [-0.4, -0.2) is 35.8 Å². The predicted octanol–water partition coefficient (Wildman–Crippen LogP) is 4.37. The summed E-state index contributed by atoms with van der Waals surface area (Å²) in [5, 5.41) is 0. The predicted molar refractivity (Wildman–Crippen MR) is 89.8 cm³/mol. The Morgan fingerprint density at radius 2 is 2.05 bits per heavy atom. The maximum atomic E-state index is 12.5. The molecule has 1 aliphatic rings. The van der Waals surface area contributed by atoms with Crippen LogP contribution in [0.2, 0.25) is 0 Å². The first-order valence-electron chi connectivity index (χ1n) is 7.67. The number of carbonyl (C=O) groups excluding carboxylic acids is 1. The summed E-state index contributed by atoms with van der Waals surface area (Å²) >= 11 is 3.43. The van der Waals surface area contributed by atoms with Gasteiger partial charge in [-0.2, -0.15) is 0 Å². The van der Waals surface area contributed by atoms with E-state index in [1.807, 2.05) is 45.0 Å². The maximum absolute atomic E-state index is 12.5. The van der Waals surface area contributed by atoms with Crippen molar-refractivity contribution in [2.45, 2.75) is 51.9 Å². The number of hydrogen-bond donors (Lipinski definition) is 0. The molecule has 1 aromatic carbocycles. The highest BCUT2D eigenvalue weighted by Gasteiger charge is 2.26. The average molecular weight is 370 g/mol. The minimum atomic E-state index is -0.494. The smallest absolute Gasteiger partial charge is 0.410 e. The molecule has 1 aliphatic heterocycles. The van der Waals surface area contributed by atoms with Gasteiger partial charge in [0.1, 0.15) is 5.60 Å². The fourth-order valence-corrected chi connectivity index (χ4v) is 2.64. The Morgan fingerprint density at radius 1 is 1.36 bits per heavy atom. The first-order chi connectivity index (χ1) is 10.3. The van der Waals surface area contributed by atoms with E-state index in [1.54, 1.807) is 4.90 Å². The molecule has 0 N–H and O–H groups in total. The molecule has 1 atom stereocenters. The normalized spacial score (nSPS) is 18.3. The molecule has 1 amide bonds. The van der Waals surface area contributed by atoms with Crippen molar-refractivity contribution >= 4 is 22.0 Å². The summed E-state index contributed by atoms with van der Waals surface area (Å²) in [5.74, 6) is 0. The number of nitrogens with zero attached hydrogens (tertiary/aromatic N) is 1. The van der Waals surface area contributed by atoms with Crippen LogP contribution in [0.15, 0.2) is 28.7 Å². The van der Waals surface area contributed by atoms with Crippen molar-refractivity contribution in [3.63, 3.8) is 0 Å². The second kappa shape index (κ2) is 7.47. The van der Waals surface area contributed by atoms with Crippen LogP contribution in [0.4, 0.5) is 4.79 Å². The molecule has 4 nitrogen and oxygen atoms in total. The minimum Gasteiger partial charge on any atom is -0.444 e. The molecule has 0 radical (unpaired) electrons. The van der Waals surface area contributed by atoms with Crippen LogP contribution in [0.3, 0.4) is 0 Å². The summed E-state index contributed by atoms with van der Waals surface area (Å²) in [6.07, 6.45) is 1.89. The highest BCUT2D eigenvalue weighted by Crippen LogP contribution is 2.19. The van der Waals surface area contributed by atoms with E-state index in [0.717, 1.165) is 29.5 Å². The van der Waals surface area contributed by atoms with Crippen LogP contribution >= 0.6 is 15.9 Å². The molecule has 1 unspecified atom stereocenters. The Morgan fingerprint density at radius 3 is 2.59 bits per heavy atom. The van der Waals surface area contributed by atoms with Gasteiger partial charge in [-0.25, -0.2) is 4.79 Å². The Hall–Kier alpha value is -1.07. The van der Waals surface area contributed by atoms with E-state index in [4.69, 9.17) is 9.47 Å². The van der Waals surface area contributed by atoms with Gasteiger partial charge in [-0.05, 0) is 51.3 Å². The van der Waals surface area contributed by atoms with Gasteiger partial charge < -0.3 is 14.4 Å². The third-order valence-corrected chi connectivity index (χ3v) is 3.92. The Bertz CT molecular complexity index is 490. The molecular weight excluding hydrogens is 346 g/mol. The molecule has 2 rings (SSSR count). The molecule has 122 valence electrons. The van der Waals surface area contributed by atoms with Gasteiger partial charge in [-0.1, -0.05) is 28.1 Å². The van der Waals surface area contributed by atoms with Gasteiger partial charge in [-0.15, -0.1) is 0 Å². The molecule has 1 saturated heterocycles. The monoisotopic (exact) mass is 369 g/mol. The van der Waals surface area contributed by atoms with Gasteiger partial charge in [0.15, 0.2) is 0 Å². The summed E-state index contributed by atoms with van der Waals surface area (Å²) in [6, 6.07) is 7.98. The van der Waals surface area contributed by atoms with Crippen molar-refractivity contribution in [1.29, 1.82) is 0 Å². The first-order valence-corrected chi connectivity index (χ1v) is 8.47. The lowest BCUT2D eigenvalue weighted by Crippen LogP contribution is -2.40. The second-order valence-corrected chi connectivity index (χ2v) is 7.54. The number of halogens is 1. The van der Waals surface area contributed by atoms with Gasteiger partial charge in [0, 0.05) is 17.6 Å². The third-order valence-electron chi connectivity index (χ3n) is 3.39. The van der Waals surface area contributed by atoms with Crippen LogP contribution in [0.1, 0.15) is 39.2 Å². The van der Waals surface area contributed by atoms with E-state index >= 15 is 0 Å². The third kappa shape index (κ3) is 5.61. The van der Waals surface area contributed by atoms with Crippen molar-refractivity contribution in [2.24, 2.45) is 0 Å². The Labute approximate surface area is 140 Å². The topological polar surface area (TPSA) is 38.8 Å². The Kier molecular flexibility index (Phi) is 5.87. The fourth-order valence-electron chi connectivity index (χ4n) is 2.37. The number of hydrogen-bond acceptors (Lipinski definition) is 3. The molecule has 0 spiro atoms. The SMILES string of the molecule is CC(C)(C)OC(=O)N(Cc1ccc(Br)cc1)CC1CCCO1. The summed E-state index contributed by atoms with van der Waals surface area (Å²) in [4.78, 5) is 14.2. The van der Waals surface area contributed by atoms with Crippen molar-refractivity contribution in [3.8, 4) is 0 Å². The van der Waals surface area contributed by atoms with Crippen LogP contribution in [0.25, 0.3) is 0 Å². The summed E-state index contributed by atoms with van der Waals surface area (Å²) in [7, 11) is 0. The summed E-state index contributed by atoms with van der Waals surface area (Å²) < 4.78 is 12.2. The number of rotatable bonds is 4. The fraction of sp³-hybridized carbons (Fsp3) is 0.588. The number of amides is 1. The lowest BCUT2D eigenvalue weighted by Gasteiger charge is -2.29. The zero-order valence-corrected chi connectivity index (χ0v) is 15.1. The molecule has 0 bridgehead atoms. The summed E-state index contributed by atoms with van der Waals surface area (Å²) in [5.41, 5.74) is 0.582. The lowest BCUT2D eigenvalue weighted by molar-refractivity contribution is 0.00860. The van der Waals surface area contributed by atoms with Gasteiger partial charge in [-0.3, -0.25) is 0 Å². The van der Waals surface area contributed by atoms with Crippen LogP contribution in [-0.2, 0) is 16.0 Å². The molecule has 1 heterocycles. The molecule has 5 heteroatoms. The zero-order valence-electron chi connectivity index (χ0n) is 13.5. The largest absolute Gasteiger partial charge is 0.444 e. The number of benzene rings is 1. The molecule has 1 aromatic rings. The minimum absolute atomic E-state index is 0.114. The summed E-state index contributed by atoms with van der Waals surface area (Å²) in [6.45, 7) is 7.54. The van der Waals surface area contributed by atoms with E-state index in [2.05, 4.69) is 15.9 Å². The van der Waals surface area contributed by atoms with Crippen molar-refractivity contribution in [3.05, 3.63) is 34.3 Å². The highest BCUT2D eigenvalue weighted by molar-refractivity contribution is 9.10. The quantitative estimate of drug-likeness (QED) is 0.790. The van der Waals surface area contributed by atoms with Crippen molar-refractivity contribution < 1.29 is 14.3 Å². The molecule has 1 fully saturated rings. The van der Waals surface area contributed by atoms with E-state index in [9.17, 15) is 4.79 Å². The second-order valence-electron chi connectivity index (χ2n) is 6.62. The number of carbonyl (C=O) groups is 1. The van der Waals surface area contributed by atoms with Gasteiger partial charge in [0.05, 0.1) is 12.6 Å². The number of ether oxygens (including phenoxy) is 2. The molecule has 0 aromatic heterocycles. The lowest BCUT2D eigenvalue weighted by atomic mass is 10.2. The van der Waals surface area contributed by atoms with Crippen LogP contribution in [0.5, 0.6) is 0 Å². The van der Waals surface area contributed by atoms with Crippen molar-refractivity contribution in [2.75, 3.05) is 13.2 Å². The Balaban J connectivity index is 2.05. The van der Waals surface area contributed by atoms with Crippen molar-refractivity contribution in [1.82, 2.24) is 4.90 Å². The van der Waals surface area contributed by atoms with Gasteiger partial charge in [0.25, 0.3) is 0 Å². The van der Waals surface area contributed by atoms with Crippen LogP contribution < -0.4 is 0 Å². The maximum Gasteiger partial charge on any atom is 0.410 e. The van der Waals surface area contributed by atoms with E-state index in [1.165, 1.54) is 0 Å².